The van der Waals surface area contributed by atoms with Crippen molar-refractivity contribution in [1.29, 1.82) is 0 Å². The molecule has 24 heavy (non-hydrogen) atoms. The summed E-state index contributed by atoms with van der Waals surface area (Å²) in [6.45, 7) is 5.80. The van der Waals surface area contributed by atoms with Gasteiger partial charge in [-0.25, -0.2) is 0 Å². The van der Waals surface area contributed by atoms with Gasteiger partial charge in [0, 0.05) is 16.7 Å². The van der Waals surface area contributed by atoms with Crippen LogP contribution in [0.4, 0.5) is 0 Å². The number of rotatable bonds is 11. The summed E-state index contributed by atoms with van der Waals surface area (Å²) in [6, 6.07) is 10.5. The van der Waals surface area contributed by atoms with Crippen LogP contribution in [0.25, 0.3) is 10.8 Å². The number of hydrogen-bond donors (Lipinski definition) is 0. The van der Waals surface area contributed by atoms with Crippen LogP contribution >= 0.6 is 11.6 Å². The molecule has 0 amide bonds. The minimum absolute atomic E-state index is 0.748. The van der Waals surface area contributed by atoms with Gasteiger partial charge in [-0.1, -0.05) is 51.0 Å². The van der Waals surface area contributed by atoms with Crippen LogP contribution in [0.1, 0.15) is 51.5 Å². The Morgan fingerprint density at radius 3 is 2.33 bits per heavy atom. The van der Waals surface area contributed by atoms with Crippen LogP contribution in [-0.2, 0) is 6.42 Å². The molecule has 2 rings (SSSR count). The van der Waals surface area contributed by atoms with Gasteiger partial charge in [-0.15, -0.1) is 11.6 Å². The van der Waals surface area contributed by atoms with Crippen molar-refractivity contribution < 1.29 is 9.47 Å². The average Bonchev–Trinajstić information content (AvgIpc) is 2.63. The second-order valence-electron chi connectivity index (χ2n) is 6.06. The van der Waals surface area contributed by atoms with Gasteiger partial charge in [-0.2, -0.15) is 0 Å². The van der Waals surface area contributed by atoms with Gasteiger partial charge in [0.15, 0.2) is 0 Å². The topological polar surface area (TPSA) is 18.5 Å². The van der Waals surface area contributed by atoms with E-state index in [-0.39, 0.29) is 0 Å². The zero-order chi connectivity index (χ0) is 17.2. The molecule has 0 aromatic heterocycles. The summed E-state index contributed by atoms with van der Waals surface area (Å²) in [5, 5.41) is 2.30. The molecule has 0 unspecified atom stereocenters. The van der Waals surface area contributed by atoms with Crippen molar-refractivity contribution in [3.8, 4) is 11.5 Å². The maximum atomic E-state index is 6.11. The van der Waals surface area contributed by atoms with E-state index in [2.05, 4.69) is 44.2 Å². The molecule has 0 atom stereocenters. The number of benzene rings is 2. The molecule has 0 aliphatic rings. The first-order valence-electron chi connectivity index (χ1n) is 9.18. The summed E-state index contributed by atoms with van der Waals surface area (Å²) in [7, 11) is 0. The Bertz CT molecular complexity index is 625. The Balaban J connectivity index is 2.17. The number of hydrogen-bond acceptors (Lipinski definition) is 2. The van der Waals surface area contributed by atoms with E-state index in [1.807, 2.05) is 0 Å². The molecular formula is C21H29ClO2. The van der Waals surface area contributed by atoms with Crippen LogP contribution in [-0.4, -0.2) is 19.1 Å². The van der Waals surface area contributed by atoms with Crippen molar-refractivity contribution in [1.82, 2.24) is 0 Å². The molecule has 0 saturated carbocycles. The van der Waals surface area contributed by atoms with Gasteiger partial charge in [-0.3, -0.25) is 0 Å². The van der Waals surface area contributed by atoms with Crippen LogP contribution < -0.4 is 9.47 Å². The number of halogens is 1. The van der Waals surface area contributed by atoms with Crippen LogP contribution in [0.2, 0.25) is 0 Å². The van der Waals surface area contributed by atoms with Gasteiger partial charge in [-0.05, 0) is 37.3 Å². The van der Waals surface area contributed by atoms with E-state index in [9.17, 15) is 0 Å². The van der Waals surface area contributed by atoms with Gasteiger partial charge < -0.3 is 9.47 Å². The second-order valence-corrected chi connectivity index (χ2v) is 6.44. The quantitative estimate of drug-likeness (QED) is 0.347. The lowest BCUT2D eigenvalue weighted by atomic mass is 10.0. The fraction of sp³-hybridized carbons (Fsp3) is 0.524. The minimum atomic E-state index is 0.748. The van der Waals surface area contributed by atoms with E-state index < -0.39 is 0 Å². The standard InChI is InChI=1S/C21H29ClO2/c1-3-14-24-21-17(4-2)16-20(18-11-7-8-12-19(18)21)23-15-10-6-5-9-13-22/h7-8,11-12,16H,3-6,9-10,13-15H2,1-2H3. The number of alkyl halides is 1. The molecule has 0 aliphatic heterocycles. The fourth-order valence-electron chi connectivity index (χ4n) is 2.86. The SMILES string of the molecule is CCCOc1c(CC)cc(OCCCCCCCl)c2ccccc12. The van der Waals surface area contributed by atoms with Gasteiger partial charge >= 0.3 is 0 Å². The number of aryl methyl sites for hydroxylation is 1. The summed E-state index contributed by atoms with van der Waals surface area (Å²) in [6.07, 6.45) is 6.46. The van der Waals surface area contributed by atoms with Crippen molar-refractivity contribution in [2.24, 2.45) is 0 Å². The van der Waals surface area contributed by atoms with Crippen LogP contribution in [0, 0.1) is 0 Å². The van der Waals surface area contributed by atoms with Gasteiger partial charge in [0.05, 0.1) is 13.2 Å². The summed E-state index contributed by atoms with van der Waals surface area (Å²) in [5.74, 6) is 2.75. The molecule has 0 saturated heterocycles. The summed E-state index contributed by atoms with van der Waals surface area (Å²) in [5.41, 5.74) is 1.22. The third-order valence-electron chi connectivity index (χ3n) is 4.15. The van der Waals surface area contributed by atoms with E-state index in [0.717, 1.165) is 67.0 Å². The van der Waals surface area contributed by atoms with E-state index in [0.29, 0.717) is 0 Å². The van der Waals surface area contributed by atoms with E-state index in [4.69, 9.17) is 21.1 Å². The normalized spacial score (nSPS) is 11.0. The lowest BCUT2D eigenvalue weighted by Gasteiger charge is -2.17. The number of ether oxygens (including phenoxy) is 2. The first kappa shape index (κ1) is 18.9. The summed E-state index contributed by atoms with van der Waals surface area (Å²) >= 11 is 5.72. The third-order valence-corrected chi connectivity index (χ3v) is 4.42. The first-order chi connectivity index (χ1) is 11.8. The van der Waals surface area contributed by atoms with Crippen molar-refractivity contribution in [2.45, 2.75) is 52.4 Å². The zero-order valence-corrected chi connectivity index (χ0v) is 15.7. The highest BCUT2D eigenvalue weighted by Crippen LogP contribution is 2.37. The summed E-state index contributed by atoms with van der Waals surface area (Å²) < 4.78 is 12.2. The van der Waals surface area contributed by atoms with Crippen molar-refractivity contribution in [2.75, 3.05) is 19.1 Å². The maximum Gasteiger partial charge on any atom is 0.130 e. The number of unbranched alkanes of at least 4 members (excludes halogenated alkanes) is 3. The van der Waals surface area contributed by atoms with Gasteiger partial charge in [0.25, 0.3) is 0 Å². The second kappa shape index (κ2) is 10.5. The minimum Gasteiger partial charge on any atom is -0.493 e. The monoisotopic (exact) mass is 348 g/mol. The molecule has 132 valence electrons. The molecule has 0 heterocycles. The Morgan fingerprint density at radius 1 is 0.875 bits per heavy atom. The third kappa shape index (κ3) is 5.04. The highest BCUT2D eigenvalue weighted by Gasteiger charge is 2.13. The Morgan fingerprint density at radius 2 is 1.62 bits per heavy atom. The van der Waals surface area contributed by atoms with Gasteiger partial charge in [0.1, 0.15) is 11.5 Å². The molecule has 0 N–H and O–H groups in total. The molecular weight excluding hydrogens is 320 g/mol. The van der Waals surface area contributed by atoms with E-state index in [1.165, 1.54) is 18.4 Å². The molecule has 0 fully saturated rings. The largest absolute Gasteiger partial charge is 0.493 e. The summed E-state index contributed by atoms with van der Waals surface area (Å²) in [4.78, 5) is 0. The fourth-order valence-corrected chi connectivity index (χ4v) is 3.05. The molecule has 2 aromatic rings. The highest BCUT2D eigenvalue weighted by atomic mass is 35.5. The van der Waals surface area contributed by atoms with Crippen molar-refractivity contribution >= 4 is 22.4 Å². The molecule has 3 heteroatoms. The number of fused-ring (bicyclic) bond motifs is 1. The molecule has 0 spiro atoms. The lowest BCUT2D eigenvalue weighted by Crippen LogP contribution is -2.03. The zero-order valence-electron chi connectivity index (χ0n) is 14.9. The molecule has 2 aromatic carbocycles. The van der Waals surface area contributed by atoms with Crippen molar-refractivity contribution in [3.05, 3.63) is 35.9 Å². The molecule has 0 bridgehead atoms. The van der Waals surface area contributed by atoms with Crippen LogP contribution in [0.5, 0.6) is 11.5 Å². The average molecular weight is 349 g/mol. The predicted octanol–water partition coefficient (Wildman–Crippen LogP) is 6.37. The molecule has 0 radical (unpaired) electrons. The van der Waals surface area contributed by atoms with Gasteiger partial charge in [0.2, 0.25) is 0 Å². The van der Waals surface area contributed by atoms with Crippen LogP contribution in [0.15, 0.2) is 30.3 Å². The first-order valence-corrected chi connectivity index (χ1v) is 9.71. The van der Waals surface area contributed by atoms with Crippen molar-refractivity contribution in [3.63, 3.8) is 0 Å². The molecule has 2 nitrogen and oxygen atoms in total. The maximum absolute atomic E-state index is 6.11. The Kier molecular flexibility index (Phi) is 8.24. The predicted molar refractivity (Wildman–Crippen MR) is 104 cm³/mol. The van der Waals surface area contributed by atoms with Crippen LogP contribution in [0.3, 0.4) is 0 Å². The lowest BCUT2D eigenvalue weighted by molar-refractivity contribution is 0.304. The van der Waals surface area contributed by atoms with E-state index >= 15 is 0 Å². The Labute approximate surface area is 151 Å². The Hall–Kier alpha value is -1.41. The highest BCUT2D eigenvalue weighted by molar-refractivity contribution is 6.17. The smallest absolute Gasteiger partial charge is 0.130 e. The molecule has 0 aliphatic carbocycles. The van der Waals surface area contributed by atoms with E-state index in [1.54, 1.807) is 0 Å².